The van der Waals surface area contributed by atoms with E-state index in [-0.39, 0.29) is 21.8 Å². The summed E-state index contributed by atoms with van der Waals surface area (Å²) >= 11 is 17.3. The van der Waals surface area contributed by atoms with Crippen LogP contribution in [-0.2, 0) is 0 Å². The zero-order chi connectivity index (χ0) is 14.0. The SMILES string of the molecule is Cc1nc(Cl)ccc1NC(=O)c1ccc(Cl)nc1Cl. The van der Waals surface area contributed by atoms with Crippen LogP contribution in [0, 0.1) is 6.92 Å². The van der Waals surface area contributed by atoms with Gasteiger partial charge in [0.15, 0.2) is 0 Å². The molecule has 4 nitrogen and oxygen atoms in total. The van der Waals surface area contributed by atoms with E-state index >= 15 is 0 Å². The number of carbonyl (C=O) groups excluding carboxylic acids is 1. The highest BCUT2D eigenvalue weighted by atomic mass is 35.5. The molecule has 98 valence electrons. The van der Waals surface area contributed by atoms with Crippen molar-refractivity contribution in [1.29, 1.82) is 0 Å². The van der Waals surface area contributed by atoms with E-state index in [1.807, 2.05) is 0 Å². The van der Waals surface area contributed by atoms with Crippen LogP contribution in [0.1, 0.15) is 16.1 Å². The molecule has 2 heterocycles. The minimum atomic E-state index is -0.388. The lowest BCUT2D eigenvalue weighted by molar-refractivity contribution is 0.102. The Hall–Kier alpha value is -1.36. The molecule has 19 heavy (non-hydrogen) atoms. The van der Waals surface area contributed by atoms with E-state index in [0.29, 0.717) is 16.5 Å². The first-order chi connectivity index (χ1) is 8.97. The van der Waals surface area contributed by atoms with Gasteiger partial charge in [-0.15, -0.1) is 0 Å². The lowest BCUT2D eigenvalue weighted by Crippen LogP contribution is -2.14. The Morgan fingerprint density at radius 1 is 1.05 bits per heavy atom. The number of aromatic nitrogens is 2. The molecular weight excluding hydrogens is 309 g/mol. The van der Waals surface area contributed by atoms with Crippen LogP contribution in [-0.4, -0.2) is 15.9 Å². The van der Waals surface area contributed by atoms with Crippen molar-refractivity contribution in [3.05, 3.63) is 51.0 Å². The molecule has 2 aromatic rings. The number of nitrogens with one attached hydrogen (secondary N) is 1. The van der Waals surface area contributed by atoms with Crippen molar-refractivity contribution in [2.45, 2.75) is 6.92 Å². The number of amides is 1. The number of pyridine rings is 2. The lowest BCUT2D eigenvalue weighted by Gasteiger charge is -2.08. The first-order valence-corrected chi connectivity index (χ1v) is 6.37. The van der Waals surface area contributed by atoms with E-state index in [1.54, 1.807) is 19.1 Å². The van der Waals surface area contributed by atoms with Crippen LogP contribution >= 0.6 is 34.8 Å². The van der Waals surface area contributed by atoms with Gasteiger partial charge < -0.3 is 5.32 Å². The van der Waals surface area contributed by atoms with Crippen LogP contribution in [0.15, 0.2) is 24.3 Å². The van der Waals surface area contributed by atoms with Gasteiger partial charge in [-0.1, -0.05) is 34.8 Å². The van der Waals surface area contributed by atoms with E-state index in [9.17, 15) is 4.79 Å². The second-order valence-electron chi connectivity index (χ2n) is 3.69. The summed E-state index contributed by atoms with van der Waals surface area (Å²) < 4.78 is 0. The van der Waals surface area contributed by atoms with E-state index in [2.05, 4.69) is 15.3 Å². The van der Waals surface area contributed by atoms with Crippen LogP contribution in [0.4, 0.5) is 5.69 Å². The third-order valence-corrected chi connectivity index (χ3v) is 3.07. The monoisotopic (exact) mass is 315 g/mol. The van der Waals surface area contributed by atoms with Crippen molar-refractivity contribution < 1.29 is 4.79 Å². The van der Waals surface area contributed by atoms with Crippen molar-refractivity contribution in [2.75, 3.05) is 5.32 Å². The largest absolute Gasteiger partial charge is 0.320 e. The molecule has 0 aliphatic rings. The Bertz CT molecular complexity index is 646. The van der Waals surface area contributed by atoms with Crippen molar-refractivity contribution in [2.24, 2.45) is 0 Å². The number of carbonyl (C=O) groups is 1. The van der Waals surface area contributed by atoms with Gasteiger partial charge in [-0.05, 0) is 31.2 Å². The normalized spacial score (nSPS) is 10.3. The fourth-order valence-electron chi connectivity index (χ4n) is 1.43. The fourth-order valence-corrected chi connectivity index (χ4v) is 2.05. The summed E-state index contributed by atoms with van der Waals surface area (Å²) in [6, 6.07) is 6.26. The highest BCUT2D eigenvalue weighted by Gasteiger charge is 2.13. The second-order valence-corrected chi connectivity index (χ2v) is 4.83. The van der Waals surface area contributed by atoms with Crippen LogP contribution in [0.25, 0.3) is 0 Å². The molecule has 0 unspecified atom stereocenters. The summed E-state index contributed by atoms with van der Waals surface area (Å²) in [7, 11) is 0. The number of anilines is 1. The summed E-state index contributed by atoms with van der Waals surface area (Å²) in [4.78, 5) is 19.9. The molecule has 2 aromatic heterocycles. The fraction of sp³-hybridized carbons (Fsp3) is 0.0833. The quantitative estimate of drug-likeness (QED) is 0.852. The molecule has 0 aromatic carbocycles. The van der Waals surface area contributed by atoms with E-state index in [0.717, 1.165) is 0 Å². The predicted octanol–water partition coefficient (Wildman–Crippen LogP) is 4.00. The van der Waals surface area contributed by atoms with Gasteiger partial charge in [0.05, 0.1) is 16.9 Å². The molecule has 0 aliphatic heterocycles. The zero-order valence-electron chi connectivity index (χ0n) is 9.75. The molecule has 0 saturated heterocycles. The summed E-state index contributed by atoms with van der Waals surface area (Å²) in [5, 5.41) is 3.32. The second kappa shape index (κ2) is 5.74. The summed E-state index contributed by atoms with van der Waals surface area (Å²) in [5.41, 5.74) is 1.40. The third kappa shape index (κ3) is 3.35. The van der Waals surface area contributed by atoms with Crippen LogP contribution < -0.4 is 5.32 Å². The van der Waals surface area contributed by atoms with Gasteiger partial charge in [0, 0.05) is 0 Å². The Balaban J connectivity index is 2.25. The lowest BCUT2D eigenvalue weighted by atomic mass is 10.2. The van der Waals surface area contributed by atoms with Crippen molar-refractivity contribution in [3.8, 4) is 0 Å². The summed E-state index contributed by atoms with van der Waals surface area (Å²) in [5.74, 6) is -0.388. The zero-order valence-corrected chi connectivity index (χ0v) is 12.0. The molecule has 0 spiro atoms. The molecule has 0 saturated carbocycles. The smallest absolute Gasteiger partial charge is 0.258 e. The van der Waals surface area contributed by atoms with Crippen molar-refractivity contribution >= 4 is 46.4 Å². The topological polar surface area (TPSA) is 54.9 Å². The standard InChI is InChI=1S/C12H8Cl3N3O/c1-6-8(3-5-9(13)16-6)17-12(19)7-2-4-10(14)18-11(7)15/h2-5H,1H3,(H,17,19). The number of rotatable bonds is 2. The highest BCUT2D eigenvalue weighted by molar-refractivity contribution is 6.35. The summed E-state index contributed by atoms with van der Waals surface area (Å²) in [6.07, 6.45) is 0. The Kier molecular flexibility index (Phi) is 4.24. The van der Waals surface area contributed by atoms with Gasteiger partial charge in [-0.25, -0.2) is 9.97 Å². The first-order valence-electron chi connectivity index (χ1n) is 5.24. The van der Waals surface area contributed by atoms with Gasteiger partial charge in [0.2, 0.25) is 0 Å². The van der Waals surface area contributed by atoms with Crippen LogP contribution in [0.5, 0.6) is 0 Å². The van der Waals surface area contributed by atoms with Crippen molar-refractivity contribution in [1.82, 2.24) is 9.97 Å². The average Bonchev–Trinajstić information content (AvgIpc) is 2.32. The van der Waals surface area contributed by atoms with Gasteiger partial charge in [0.1, 0.15) is 15.5 Å². The Labute approximate surface area is 124 Å². The number of aryl methyl sites for hydroxylation is 1. The van der Waals surface area contributed by atoms with Crippen LogP contribution in [0.3, 0.4) is 0 Å². The average molecular weight is 317 g/mol. The van der Waals surface area contributed by atoms with Gasteiger partial charge in [-0.2, -0.15) is 0 Å². The van der Waals surface area contributed by atoms with Gasteiger partial charge in [-0.3, -0.25) is 4.79 Å². The van der Waals surface area contributed by atoms with E-state index < -0.39 is 0 Å². The molecular formula is C12H8Cl3N3O. The highest BCUT2D eigenvalue weighted by Crippen LogP contribution is 2.20. The molecule has 0 radical (unpaired) electrons. The molecule has 1 N–H and O–H groups in total. The van der Waals surface area contributed by atoms with E-state index in [4.69, 9.17) is 34.8 Å². The molecule has 0 aliphatic carbocycles. The number of nitrogens with zero attached hydrogens (tertiary/aromatic N) is 2. The minimum Gasteiger partial charge on any atom is -0.320 e. The maximum atomic E-state index is 12.0. The maximum Gasteiger partial charge on any atom is 0.258 e. The molecule has 1 amide bonds. The third-order valence-electron chi connectivity index (χ3n) is 2.36. The number of hydrogen-bond donors (Lipinski definition) is 1. The molecule has 2 rings (SSSR count). The predicted molar refractivity (Wildman–Crippen MR) is 76.2 cm³/mol. The van der Waals surface area contributed by atoms with Crippen molar-refractivity contribution in [3.63, 3.8) is 0 Å². The Morgan fingerprint density at radius 2 is 1.68 bits per heavy atom. The Morgan fingerprint density at radius 3 is 2.32 bits per heavy atom. The van der Waals surface area contributed by atoms with Gasteiger partial charge in [0.25, 0.3) is 5.91 Å². The maximum absolute atomic E-state index is 12.0. The van der Waals surface area contributed by atoms with Crippen LogP contribution in [0.2, 0.25) is 15.5 Å². The molecule has 0 fully saturated rings. The number of hydrogen-bond acceptors (Lipinski definition) is 3. The first kappa shape index (κ1) is 14.1. The molecule has 0 atom stereocenters. The summed E-state index contributed by atoms with van der Waals surface area (Å²) in [6.45, 7) is 1.74. The minimum absolute atomic E-state index is 0.0459. The van der Waals surface area contributed by atoms with E-state index in [1.165, 1.54) is 12.1 Å². The number of halogens is 3. The molecule has 0 bridgehead atoms. The van der Waals surface area contributed by atoms with Gasteiger partial charge >= 0.3 is 0 Å². The molecule has 7 heteroatoms.